The van der Waals surface area contributed by atoms with Gasteiger partial charge in [0, 0.05) is 0 Å². The van der Waals surface area contributed by atoms with Crippen LogP contribution in [0.25, 0.3) is 0 Å². The number of benzene rings is 1. The maximum atomic E-state index is 10.0. The van der Waals surface area contributed by atoms with Gasteiger partial charge in [-0.2, -0.15) is 0 Å². The molecule has 0 atom stereocenters. The second-order valence-corrected chi connectivity index (χ2v) is 2.21. The van der Waals surface area contributed by atoms with Gasteiger partial charge in [-0.1, -0.05) is 42.5 Å². The first-order chi connectivity index (χ1) is 4.84. The van der Waals surface area contributed by atoms with Crippen molar-refractivity contribution >= 4 is 23.4 Å². The van der Waals surface area contributed by atoms with E-state index in [1.165, 1.54) is 0 Å². The molecule has 0 spiro atoms. The first-order valence-electron chi connectivity index (χ1n) is 2.82. The predicted octanol–water partition coefficient (Wildman–Crippen LogP) is 1.51. The van der Waals surface area contributed by atoms with Crippen molar-refractivity contribution in [2.75, 3.05) is 0 Å². The molecule has 0 N–H and O–H groups in total. The minimum Gasteiger partial charge on any atom is -0.284 e. The van der Waals surface area contributed by atoms with Crippen LogP contribution in [0.1, 0.15) is 5.56 Å². The standard InChI is InChI=1S/C8H5OS/c9-6-8(10)7-4-2-1-3-5-7/h1-5H. The average Bonchev–Trinajstić information content (AvgIpc) is 2.05. The largest absolute Gasteiger partial charge is 0.284 e. The summed E-state index contributed by atoms with van der Waals surface area (Å²) < 4.78 is 0. The number of hydrogen-bond donors (Lipinski definition) is 0. The van der Waals surface area contributed by atoms with Crippen molar-refractivity contribution in [1.29, 1.82) is 0 Å². The van der Waals surface area contributed by atoms with Crippen LogP contribution < -0.4 is 0 Å². The highest BCUT2D eigenvalue weighted by Crippen LogP contribution is 1.98. The summed E-state index contributed by atoms with van der Waals surface area (Å²) in [5, 5.41) is 0. The molecular formula is C8H5OS. The summed E-state index contributed by atoms with van der Waals surface area (Å²) >= 11 is 4.70. The van der Waals surface area contributed by atoms with Gasteiger partial charge in [-0.25, -0.2) is 0 Å². The van der Waals surface area contributed by atoms with Gasteiger partial charge in [-0.3, -0.25) is 4.79 Å². The van der Waals surface area contributed by atoms with Gasteiger partial charge in [-0.15, -0.1) is 0 Å². The molecule has 0 aromatic heterocycles. The molecule has 0 heterocycles. The van der Waals surface area contributed by atoms with Crippen molar-refractivity contribution < 1.29 is 4.79 Å². The third-order valence-corrected chi connectivity index (χ3v) is 1.45. The second kappa shape index (κ2) is 3.22. The van der Waals surface area contributed by atoms with Crippen LogP contribution in [0.4, 0.5) is 0 Å². The number of hydrogen-bond acceptors (Lipinski definition) is 2. The van der Waals surface area contributed by atoms with Gasteiger partial charge in [0.2, 0.25) is 6.29 Å². The lowest BCUT2D eigenvalue weighted by molar-refractivity contribution is 0.567. The summed E-state index contributed by atoms with van der Waals surface area (Å²) in [4.78, 5) is 10.3. The van der Waals surface area contributed by atoms with E-state index in [0.29, 0.717) is 0 Å². The lowest BCUT2D eigenvalue weighted by Gasteiger charge is -1.90. The van der Waals surface area contributed by atoms with Crippen LogP contribution in [0, 0.1) is 0 Å². The molecule has 1 radical (unpaired) electrons. The number of carbonyl (C=O) groups excluding carboxylic acids is 1. The molecule has 0 aliphatic carbocycles. The van der Waals surface area contributed by atoms with Gasteiger partial charge in [0.1, 0.15) is 0 Å². The fraction of sp³-hybridized carbons (Fsp3) is 0. The Morgan fingerprint density at radius 2 is 1.90 bits per heavy atom. The quantitative estimate of drug-likeness (QED) is 0.468. The molecule has 2 heteroatoms. The van der Waals surface area contributed by atoms with Crippen LogP contribution in [-0.4, -0.2) is 11.2 Å². The van der Waals surface area contributed by atoms with Crippen molar-refractivity contribution in [3.8, 4) is 0 Å². The van der Waals surface area contributed by atoms with E-state index in [9.17, 15) is 4.79 Å². The fourth-order valence-electron chi connectivity index (χ4n) is 0.648. The van der Waals surface area contributed by atoms with E-state index in [4.69, 9.17) is 12.2 Å². The van der Waals surface area contributed by atoms with Crippen molar-refractivity contribution in [3.63, 3.8) is 0 Å². The molecule has 0 unspecified atom stereocenters. The Labute approximate surface area is 64.7 Å². The first-order valence-corrected chi connectivity index (χ1v) is 3.23. The Balaban J connectivity index is 2.95. The second-order valence-electron chi connectivity index (χ2n) is 1.80. The van der Waals surface area contributed by atoms with Crippen LogP contribution in [0.3, 0.4) is 0 Å². The lowest BCUT2D eigenvalue weighted by atomic mass is 10.2. The summed E-state index contributed by atoms with van der Waals surface area (Å²) in [7, 11) is 0. The molecule has 1 aromatic rings. The Kier molecular flexibility index (Phi) is 2.29. The Hall–Kier alpha value is -1.02. The van der Waals surface area contributed by atoms with Gasteiger partial charge < -0.3 is 0 Å². The summed E-state index contributed by atoms with van der Waals surface area (Å²) in [6.07, 6.45) is 1.66. The van der Waals surface area contributed by atoms with Crippen LogP contribution in [0.5, 0.6) is 0 Å². The molecule has 1 aromatic carbocycles. The van der Waals surface area contributed by atoms with Crippen molar-refractivity contribution in [3.05, 3.63) is 35.9 Å². The van der Waals surface area contributed by atoms with Gasteiger partial charge in [0.05, 0.1) is 4.86 Å². The third-order valence-electron chi connectivity index (χ3n) is 1.13. The van der Waals surface area contributed by atoms with Crippen molar-refractivity contribution in [2.45, 2.75) is 0 Å². The highest BCUT2D eigenvalue weighted by atomic mass is 32.1. The Bertz CT molecular complexity index is 241. The molecule has 0 amide bonds. The van der Waals surface area contributed by atoms with Gasteiger partial charge in [0.15, 0.2) is 0 Å². The van der Waals surface area contributed by atoms with E-state index in [1.54, 1.807) is 18.4 Å². The normalized spacial score (nSPS) is 8.80. The molecule has 49 valence electrons. The van der Waals surface area contributed by atoms with Crippen molar-refractivity contribution in [2.24, 2.45) is 0 Å². The van der Waals surface area contributed by atoms with Gasteiger partial charge in [0.25, 0.3) is 0 Å². The molecule has 0 saturated carbocycles. The number of thiocarbonyl (C=S) groups is 1. The maximum absolute atomic E-state index is 10.0. The fourth-order valence-corrected chi connectivity index (χ4v) is 0.785. The lowest BCUT2D eigenvalue weighted by Crippen LogP contribution is -1.96. The summed E-state index contributed by atoms with van der Waals surface area (Å²) in [6, 6.07) is 9.11. The third kappa shape index (κ3) is 1.48. The molecule has 0 aliphatic heterocycles. The zero-order valence-corrected chi connectivity index (χ0v) is 6.02. The minimum atomic E-state index is 0.237. The molecular weight excluding hydrogens is 144 g/mol. The van der Waals surface area contributed by atoms with Crippen molar-refractivity contribution in [1.82, 2.24) is 0 Å². The maximum Gasteiger partial charge on any atom is 0.245 e. The van der Waals surface area contributed by atoms with Crippen LogP contribution in [0.2, 0.25) is 0 Å². The van der Waals surface area contributed by atoms with Crippen LogP contribution >= 0.6 is 12.2 Å². The predicted molar refractivity (Wildman–Crippen MR) is 43.8 cm³/mol. The average molecular weight is 149 g/mol. The summed E-state index contributed by atoms with van der Waals surface area (Å²) in [6.45, 7) is 0. The molecule has 1 rings (SSSR count). The first kappa shape index (κ1) is 7.09. The van der Waals surface area contributed by atoms with Gasteiger partial charge >= 0.3 is 0 Å². The minimum absolute atomic E-state index is 0.237. The summed E-state index contributed by atoms with van der Waals surface area (Å²) in [5.41, 5.74) is 0.757. The van der Waals surface area contributed by atoms with Crippen LogP contribution in [-0.2, 0) is 4.79 Å². The van der Waals surface area contributed by atoms with E-state index >= 15 is 0 Å². The monoisotopic (exact) mass is 149 g/mol. The van der Waals surface area contributed by atoms with E-state index < -0.39 is 0 Å². The Morgan fingerprint density at radius 1 is 1.30 bits per heavy atom. The van der Waals surface area contributed by atoms with Crippen LogP contribution in [0.15, 0.2) is 30.3 Å². The van der Waals surface area contributed by atoms with E-state index in [-0.39, 0.29) is 4.86 Å². The van der Waals surface area contributed by atoms with Gasteiger partial charge in [-0.05, 0) is 5.56 Å². The molecule has 0 aliphatic rings. The zero-order chi connectivity index (χ0) is 7.40. The molecule has 1 nitrogen and oxygen atoms in total. The van der Waals surface area contributed by atoms with E-state index in [1.807, 2.05) is 18.2 Å². The molecule has 0 saturated heterocycles. The number of rotatable bonds is 2. The molecule has 0 bridgehead atoms. The highest BCUT2D eigenvalue weighted by molar-refractivity contribution is 7.82. The zero-order valence-electron chi connectivity index (χ0n) is 5.20. The molecule has 10 heavy (non-hydrogen) atoms. The smallest absolute Gasteiger partial charge is 0.245 e. The van der Waals surface area contributed by atoms with E-state index in [2.05, 4.69) is 0 Å². The topological polar surface area (TPSA) is 17.1 Å². The SMILES string of the molecule is O=[C]C(=S)c1ccccc1. The van der Waals surface area contributed by atoms with E-state index in [0.717, 1.165) is 5.56 Å². The summed E-state index contributed by atoms with van der Waals surface area (Å²) in [5.74, 6) is 0. The Morgan fingerprint density at radius 3 is 2.40 bits per heavy atom. The highest BCUT2D eigenvalue weighted by Gasteiger charge is 1.96. The molecule has 0 fully saturated rings.